The summed E-state index contributed by atoms with van der Waals surface area (Å²) in [6, 6.07) is 12.8. The number of hydrogen-bond donors (Lipinski definition) is 1. The van der Waals surface area contributed by atoms with Gasteiger partial charge in [-0.2, -0.15) is 4.98 Å². The predicted octanol–water partition coefficient (Wildman–Crippen LogP) is 3.10. The molecule has 3 aromatic rings. The molecule has 0 radical (unpaired) electrons. The lowest BCUT2D eigenvalue weighted by atomic mass is 10.1. The van der Waals surface area contributed by atoms with Crippen LogP contribution in [0.1, 0.15) is 12.8 Å². The van der Waals surface area contributed by atoms with Crippen molar-refractivity contribution >= 4 is 38.2 Å². The Labute approximate surface area is 165 Å². The molecule has 8 heteroatoms. The van der Waals surface area contributed by atoms with Crippen LogP contribution in [0.25, 0.3) is 10.8 Å². The molecule has 0 amide bonds. The molecule has 1 N–H and O–H groups in total. The minimum Gasteiger partial charge on any atom is -0.361 e. The van der Waals surface area contributed by atoms with E-state index in [0.717, 1.165) is 36.7 Å². The van der Waals surface area contributed by atoms with Crippen molar-refractivity contribution in [3.63, 3.8) is 0 Å². The van der Waals surface area contributed by atoms with Crippen LogP contribution in [-0.4, -0.2) is 45.6 Å². The van der Waals surface area contributed by atoms with Gasteiger partial charge in [0.05, 0.1) is 11.1 Å². The van der Waals surface area contributed by atoms with Crippen molar-refractivity contribution in [2.75, 3.05) is 41.7 Å². The SMILES string of the molecule is CN(C)c1nc(N2CCCC2)ncc1NS(=O)(=O)c1ccc2ccccc2c1. The molecule has 0 aliphatic carbocycles. The van der Waals surface area contributed by atoms with Crippen LogP contribution in [0, 0.1) is 0 Å². The summed E-state index contributed by atoms with van der Waals surface area (Å²) < 4.78 is 28.6. The smallest absolute Gasteiger partial charge is 0.262 e. The van der Waals surface area contributed by atoms with Gasteiger partial charge in [-0.05, 0) is 35.7 Å². The number of anilines is 3. The summed E-state index contributed by atoms with van der Waals surface area (Å²) in [4.78, 5) is 13.1. The van der Waals surface area contributed by atoms with Crippen molar-refractivity contribution in [2.24, 2.45) is 0 Å². The molecular formula is C20H23N5O2S. The minimum atomic E-state index is -3.76. The standard InChI is InChI=1S/C20H23N5O2S/c1-24(2)19-18(14-21-20(22-19)25-11-5-6-12-25)23-28(26,27)17-10-9-15-7-3-4-8-16(15)13-17/h3-4,7-10,13-14,23H,5-6,11-12H2,1-2H3. The Morgan fingerprint density at radius 2 is 1.75 bits per heavy atom. The van der Waals surface area contributed by atoms with Crippen molar-refractivity contribution in [1.82, 2.24) is 9.97 Å². The van der Waals surface area contributed by atoms with Crippen molar-refractivity contribution < 1.29 is 8.42 Å². The zero-order chi connectivity index (χ0) is 19.7. The maximum Gasteiger partial charge on any atom is 0.262 e. The van der Waals surface area contributed by atoms with Crippen LogP contribution in [0.2, 0.25) is 0 Å². The van der Waals surface area contributed by atoms with E-state index in [1.54, 1.807) is 23.2 Å². The molecule has 28 heavy (non-hydrogen) atoms. The quantitative estimate of drug-likeness (QED) is 0.713. The lowest BCUT2D eigenvalue weighted by Gasteiger charge is -2.21. The topological polar surface area (TPSA) is 78.4 Å². The third kappa shape index (κ3) is 3.60. The molecule has 0 unspecified atom stereocenters. The first kappa shape index (κ1) is 18.5. The van der Waals surface area contributed by atoms with E-state index in [0.29, 0.717) is 17.5 Å². The number of hydrogen-bond acceptors (Lipinski definition) is 6. The van der Waals surface area contributed by atoms with Crippen molar-refractivity contribution in [1.29, 1.82) is 0 Å². The van der Waals surface area contributed by atoms with Crippen LogP contribution in [-0.2, 0) is 10.0 Å². The van der Waals surface area contributed by atoms with Crippen molar-refractivity contribution in [2.45, 2.75) is 17.7 Å². The summed E-state index contributed by atoms with van der Waals surface area (Å²) in [7, 11) is -0.0885. The van der Waals surface area contributed by atoms with Gasteiger partial charge in [-0.1, -0.05) is 30.3 Å². The largest absolute Gasteiger partial charge is 0.361 e. The number of fused-ring (bicyclic) bond motifs is 1. The highest BCUT2D eigenvalue weighted by atomic mass is 32.2. The van der Waals surface area contributed by atoms with Gasteiger partial charge >= 0.3 is 0 Å². The maximum absolute atomic E-state index is 13.0. The van der Waals surface area contributed by atoms with Gasteiger partial charge in [0.25, 0.3) is 10.0 Å². The molecule has 4 rings (SSSR count). The second-order valence-corrected chi connectivity index (χ2v) is 8.79. The third-order valence-electron chi connectivity index (χ3n) is 4.84. The van der Waals surface area contributed by atoms with E-state index in [1.807, 2.05) is 44.4 Å². The summed E-state index contributed by atoms with van der Waals surface area (Å²) in [6.07, 6.45) is 3.79. The van der Waals surface area contributed by atoms with Gasteiger partial charge in [0.1, 0.15) is 5.69 Å². The fourth-order valence-electron chi connectivity index (χ4n) is 3.38. The summed E-state index contributed by atoms with van der Waals surface area (Å²) in [5, 5.41) is 1.87. The zero-order valence-electron chi connectivity index (χ0n) is 16.0. The summed E-state index contributed by atoms with van der Waals surface area (Å²) in [5.41, 5.74) is 0.362. The molecule has 2 aromatic carbocycles. The first-order chi connectivity index (χ1) is 13.4. The van der Waals surface area contributed by atoms with Crippen LogP contribution in [0.4, 0.5) is 17.5 Å². The van der Waals surface area contributed by atoms with Gasteiger partial charge in [0.2, 0.25) is 5.95 Å². The van der Waals surface area contributed by atoms with E-state index in [4.69, 9.17) is 0 Å². The van der Waals surface area contributed by atoms with Crippen LogP contribution >= 0.6 is 0 Å². The molecule has 0 saturated carbocycles. The van der Waals surface area contributed by atoms with E-state index in [2.05, 4.69) is 19.6 Å². The van der Waals surface area contributed by atoms with E-state index >= 15 is 0 Å². The van der Waals surface area contributed by atoms with Gasteiger partial charge in [0.15, 0.2) is 5.82 Å². The molecule has 7 nitrogen and oxygen atoms in total. The minimum absolute atomic E-state index is 0.208. The average Bonchev–Trinajstić information content (AvgIpc) is 3.22. The van der Waals surface area contributed by atoms with Crippen molar-refractivity contribution in [3.8, 4) is 0 Å². The Morgan fingerprint density at radius 3 is 2.46 bits per heavy atom. The van der Waals surface area contributed by atoms with Gasteiger partial charge in [-0.25, -0.2) is 13.4 Å². The summed E-state index contributed by atoms with van der Waals surface area (Å²) >= 11 is 0. The average molecular weight is 398 g/mol. The van der Waals surface area contributed by atoms with E-state index < -0.39 is 10.0 Å². The van der Waals surface area contributed by atoms with Gasteiger partial charge in [0, 0.05) is 27.2 Å². The predicted molar refractivity (Wildman–Crippen MR) is 113 cm³/mol. The highest BCUT2D eigenvalue weighted by Gasteiger charge is 2.21. The molecule has 2 heterocycles. The Kier molecular flexibility index (Phi) is 4.80. The molecule has 1 aliphatic rings. The van der Waals surface area contributed by atoms with E-state index in [1.165, 1.54) is 0 Å². The monoisotopic (exact) mass is 397 g/mol. The molecule has 146 valence electrons. The summed E-state index contributed by atoms with van der Waals surface area (Å²) in [5.74, 6) is 1.18. The molecule has 0 atom stereocenters. The number of nitrogens with zero attached hydrogens (tertiary/aromatic N) is 4. The number of rotatable bonds is 5. The molecule has 1 fully saturated rings. The van der Waals surface area contributed by atoms with Crippen LogP contribution in [0.3, 0.4) is 0 Å². The lowest BCUT2D eigenvalue weighted by molar-refractivity contribution is 0.601. The molecule has 1 aliphatic heterocycles. The first-order valence-corrected chi connectivity index (χ1v) is 10.7. The first-order valence-electron chi connectivity index (χ1n) is 9.25. The van der Waals surface area contributed by atoms with E-state index in [9.17, 15) is 8.42 Å². The molecular weight excluding hydrogens is 374 g/mol. The van der Waals surface area contributed by atoms with Gasteiger partial charge in [-0.3, -0.25) is 4.72 Å². The number of nitrogens with one attached hydrogen (secondary N) is 1. The fourth-order valence-corrected chi connectivity index (χ4v) is 4.47. The second kappa shape index (κ2) is 7.27. The van der Waals surface area contributed by atoms with Crippen LogP contribution in [0.5, 0.6) is 0 Å². The van der Waals surface area contributed by atoms with Crippen LogP contribution in [0.15, 0.2) is 53.6 Å². The third-order valence-corrected chi connectivity index (χ3v) is 6.21. The molecule has 1 saturated heterocycles. The van der Waals surface area contributed by atoms with Gasteiger partial charge < -0.3 is 9.80 Å². The lowest BCUT2D eigenvalue weighted by Crippen LogP contribution is -2.24. The maximum atomic E-state index is 13.0. The molecule has 0 spiro atoms. The van der Waals surface area contributed by atoms with Gasteiger partial charge in [-0.15, -0.1) is 0 Å². The number of sulfonamides is 1. The Bertz CT molecular complexity index is 1110. The highest BCUT2D eigenvalue weighted by molar-refractivity contribution is 7.92. The molecule has 0 bridgehead atoms. The Balaban J connectivity index is 1.67. The Morgan fingerprint density at radius 1 is 1.04 bits per heavy atom. The molecule has 1 aromatic heterocycles. The number of benzene rings is 2. The Hall–Kier alpha value is -2.87. The van der Waals surface area contributed by atoms with E-state index in [-0.39, 0.29) is 4.90 Å². The zero-order valence-corrected chi connectivity index (χ0v) is 16.8. The second-order valence-electron chi connectivity index (χ2n) is 7.11. The summed E-state index contributed by atoms with van der Waals surface area (Å²) in [6.45, 7) is 1.85. The van der Waals surface area contributed by atoms with Crippen molar-refractivity contribution in [3.05, 3.63) is 48.7 Å². The number of aromatic nitrogens is 2. The fraction of sp³-hybridized carbons (Fsp3) is 0.300. The normalized spacial score (nSPS) is 14.4. The highest BCUT2D eigenvalue weighted by Crippen LogP contribution is 2.28. The van der Waals surface area contributed by atoms with Crippen LogP contribution < -0.4 is 14.5 Å².